The van der Waals surface area contributed by atoms with E-state index in [9.17, 15) is 9.59 Å². The van der Waals surface area contributed by atoms with E-state index in [0.717, 1.165) is 24.0 Å². The van der Waals surface area contributed by atoms with Crippen molar-refractivity contribution in [3.05, 3.63) is 69.7 Å². The summed E-state index contributed by atoms with van der Waals surface area (Å²) in [5, 5.41) is 1.30. The SMILES string of the molecule is CCOC(=O)C(C1CC1)N1C(=O)CC[C@H](c2cccc(Cl)c2)C1c1ccc(Cl)cc1. The highest BCUT2D eigenvalue weighted by Gasteiger charge is 2.49. The molecule has 0 aromatic heterocycles. The molecule has 1 saturated heterocycles. The summed E-state index contributed by atoms with van der Waals surface area (Å²) in [6, 6.07) is 14.5. The van der Waals surface area contributed by atoms with Crippen molar-refractivity contribution in [2.24, 2.45) is 5.92 Å². The molecule has 2 aliphatic rings. The Balaban J connectivity index is 1.81. The van der Waals surface area contributed by atoms with Crippen LogP contribution in [0.2, 0.25) is 10.0 Å². The molecule has 1 saturated carbocycles. The minimum absolute atomic E-state index is 0.00168. The topological polar surface area (TPSA) is 46.6 Å². The van der Waals surface area contributed by atoms with E-state index in [0.29, 0.717) is 29.5 Å². The average molecular weight is 446 g/mol. The first-order valence-electron chi connectivity index (χ1n) is 10.5. The third-order valence-corrected chi connectivity index (χ3v) is 6.51. The maximum Gasteiger partial charge on any atom is 0.329 e. The molecule has 0 N–H and O–H groups in total. The smallest absolute Gasteiger partial charge is 0.329 e. The maximum atomic E-state index is 13.2. The lowest BCUT2D eigenvalue weighted by Gasteiger charge is -2.45. The monoisotopic (exact) mass is 445 g/mol. The fraction of sp³-hybridized carbons (Fsp3) is 0.417. The van der Waals surface area contributed by atoms with Gasteiger partial charge in [-0.3, -0.25) is 4.79 Å². The number of amides is 1. The number of rotatable bonds is 6. The summed E-state index contributed by atoms with van der Waals surface area (Å²) >= 11 is 12.4. The Labute approximate surface area is 187 Å². The highest BCUT2D eigenvalue weighted by Crippen LogP contribution is 2.48. The summed E-state index contributed by atoms with van der Waals surface area (Å²) in [7, 11) is 0. The number of carbonyl (C=O) groups is 2. The molecular weight excluding hydrogens is 421 g/mol. The van der Waals surface area contributed by atoms with Gasteiger partial charge in [0.2, 0.25) is 5.91 Å². The summed E-state index contributed by atoms with van der Waals surface area (Å²) in [6.07, 6.45) is 2.96. The van der Waals surface area contributed by atoms with Crippen molar-refractivity contribution in [3.8, 4) is 0 Å². The van der Waals surface area contributed by atoms with Gasteiger partial charge in [-0.25, -0.2) is 4.79 Å². The number of hydrogen-bond donors (Lipinski definition) is 0. The molecule has 1 aliphatic carbocycles. The third-order valence-electron chi connectivity index (χ3n) is 6.02. The van der Waals surface area contributed by atoms with Crippen LogP contribution in [0.15, 0.2) is 48.5 Å². The van der Waals surface area contributed by atoms with Gasteiger partial charge in [-0.05, 0) is 67.5 Å². The summed E-state index contributed by atoms with van der Waals surface area (Å²) in [5.74, 6) is -0.128. The molecule has 6 heteroatoms. The average Bonchev–Trinajstić information content (AvgIpc) is 3.55. The first-order valence-corrected chi connectivity index (χ1v) is 11.2. The molecule has 2 fully saturated rings. The zero-order chi connectivity index (χ0) is 21.3. The summed E-state index contributed by atoms with van der Waals surface area (Å²) in [4.78, 5) is 28.0. The lowest BCUT2D eigenvalue weighted by atomic mass is 9.78. The maximum absolute atomic E-state index is 13.2. The highest BCUT2D eigenvalue weighted by atomic mass is 35.5. The van der Waals surface area contributed by atoms with Crippen LogP contribution in [0.4, 0.5) is 0 Å². The molecule has 0 spiro atoms. The fourth-order valence-electron chi connectivity index (χ4n) is 4.55. The number of esters is 1. The van der Waals surface area contributed by atoms with E-state index in [-0.39, 0.29) is 29.8 Å². The molecule has 2 aromatic rings. The van der Waals surface area contributed by atoms with E-state index in [1.54, 1.807) is 11.8 Å². The molecule has 158 valence electrons. The number of nitrogens with zero attached hydrogens (tertiary/aromatic N) is 1. The fourth-order valence-corrected chi connectivity index (χ4v) is 4.88. The normalized spacial score (nSPS) is 22.6. The van der Waals surface area contributed by atoms with Crippen molar-refractivity contribution in [1.29, 1.82) is 0 Å². The van der Waals surface area contributed by atoms with Crippen LogP contribution in [0.1, 0.15) is 55.7 Å². The van der Waals surface area contributed by atoms with E-state index < -0.39 is 6.04 Å². The predicted octanol–water partition coefficient (Wildman–Crippen LogP) is 5.78. The molecule has 4 nitrogen and oxygen atoms in total. The number of carbonyl (C=O) groups excluding carboxylic acids is 2. The van der Waals surface area contributed by atoms with Gasteiger partial charge in [-0.2, -0.15) is 0 Å². The molecule has 4 rings (SSSR count). The molecule has 30 heavy (non-hydrogen) atoms. The first-order chi connectivity index (χ1) is 14.5. The van der Waals surface area contributed by atoms with Crippen LogP contribution < -0.4 is 0 Å². The first kappa shape index (κ1) is 21.2. The van der Waals surface area contributed by atoms with Gasteiger partial charge >= 0.3 is 5.97 Å². The van der Waals surface area contributed by atoms with E-state index in [2.05, 4.69) is 0 Å². The number of halogens is 2. The largest absolute Gasteiger partial charge is 0.464 e. The van der Waals surface area contributed by atoms with Gasteiger partial charge in [0.25, 0.3) is 0 Å². The van der Waals surface area contributed by atoms with Crippen LogP contribution in [-0.2, 0) is 14.3 Å². The molecule has 3 atom stereocenters. The zero-order valence-electron chi connectivity index (χ0n) is 16.9. The number of hydrogen-bond acceptors (Lipinski definition) is 3. The number of benzene rings is 2. The molecule has 1 amide bonds. The van der Waals surface area contributed by atoms with Crippen molar-refractivity contribution in [1.82, 2.24) is 4.90 Å². The summed E-state index contributed by atoms with van der Waals surface area (Å²) < 4.78 is 5.40. The summed E-state index contributed by atoms with van der Waals surface area (Å²) in [5.41, 5.74) is 2.03. The van der Waals surface area contributed by atoms with Gasteiger partial charge < -0.3 is 9.64 Å². The van der Waals surface area contributed by atoms with Crippen molar-refractivity contribution in [2.45, 2.75) is 50.6 Å². The Hall–Kier alpha value is -2.04. The Morgan fingerprint density at radius 1 is 1.07 bits per heavy atom. The van der Waals surface area contributed by atoms with E-state index in [1.165, 1.54) is 0 Å². The number of ether oxygens (including phenoxy) is 1. The van der Waals surface area contributed by atoms with Crippen LogP contribution in [0, 0.1) is 5.92 Å². The molecule has 0 bridgehead atoms. The quantitative estimate of drug-likeness (QED) is 0.529. The standard InChI is InChI=1S/C24H25Cl2NO3/c1-2-30-24(29)23(16-6-7-16)27-21(28)13-12-20(17-4-3-5-19(26)14-17)22(27)15-8-10-18(25)11-9-15/h3-5,8-11,14,16,20,22-23H,2,6-7,12-13H2,1H3/t20-,22?,23?/m1/s1. The van der Waals surface area contributed by atoms with Crippen LogP contribution in [0.25, 0.3) is 0 Å². The zero-order valence-corrected chi connectivity index (χ0v) is 18.4. The second kappa shape index (κ2) is 8.99. The molecular formula is C24H25Cl2NO3. The minimum atomic E-state index is -0.555. The van der Waals surface area contributed by atoms with E-state index in [1.807, 2.05) is 48.5 Å². The van der Waals surface area contributed by atoms with Crippen LogP contribution in [0.5, 0.6) is 0 Å². The van der Waals surface area contributed by atoms with E-state index in [4.69, 9.17) is 27.9 Å². The van der Waals surface area contributed by atoms with Gasteiger partial charge in [-0.1, -0.05) is 47.5 Å². The van der Waals surface area contributed by atoms with Gasteiger partial charge in [0.1, 0.15) is 6.04 Å². The highest BCUT2D eigenvalue weighted by molar-refractivity contribution is 6.30. The van der Waals surface area contributed by atoms with Crippen molar-refractivity contribution in [3.63, 3.8) is 0 Å². The minimum Gasteiger partial charge on any atom is -0.464 e. The number of likely N-dealkylation sites (tertiary alicyclic amines) is 1. The Bertz CT molecular complexity index is 926. The summed E-state index contributed by atoms with van der Waals surface area (Å²) in [6.45, 7) is 2.10. The second-order valence-corrected chi connectivity index (χ2v) is 8.90. The molecule has 2 unspecified atom stereocenters. The van der Waals surface area contributed by atoms with Gasteiger partial charge in [0, 0.05) is 22.4 Å². The predicted molar refractivity (Wildman–Crippen MR) is 118 cm³/mol. The molecule has 1 aliphatic heterocycles. The third kappa shape index (κ3) is 4.35. The second-order valence-electron chi connectivity index (χ2n) is 8.03. The Kier molecular flexibility index (Phi) is 6.35. The lowest BCUT2D eigenvalue weighted by Crippen LogP contribution is -2.52. The molecule has 1 heterocycles. The van der Waals surface area contributed by atoms with Crippen LogP contribution >= 0.6 is 23.2 Å². The van der Waals surface area contributed by atoms with Crippen LogP contribution in [0.3, 0.4) is 0 Å². The van der Waals surface area contributed by atoms with Gasteiger partial charge in [-0.15, -0.1) is 0 Å². The Morgan fingerprint density at radius 2 is 1.80 bits per heavy atom. The number of piperidine rings is 1. The molecule has 0 radical (unpaired) electrons. The van der Waals surface area contributed by atoms with Crippen molar-refractivity contribution in [2.75, 3.05) is 6.61 Å². The van der Waals surface area contributed by atoms with Gasteiger partial charge in [0.05, 0.1) is 12.6 Å². The lowest BCUT2D eigenvalue weighted by molar-refractivity contribution is -0.160. The molecule has 2 aromatic carbocycles. The van der Waals surface area contributed by atoms with Gasteiger partial charge in [0.15, 0.2) is 0 Å². The van der Waals surface area contributed by atoms with Crippen molar-refractivity contribution >= 4 is 35.1 Å². The van der Waals surface area contributed by atoms with Crippen LogP contribution in [-0.4, -0.2) is 29.4 Å². The Morgan fingerprint density at radius 3 is 2.43 bits per heavy atom. The van der Waals surface area contributed by atoms with Crippen molar-refractivity contribution < 1.29 is 14.3 Å². The van der Waals surface area contributed by atoms with E-state index >= 15 is 0 Å².